The molecule has 1 fully saturated rings. The number of sulfone groups is 1. The summed E-state index contributed by atoms with van der Waals surface area (Å²) in [5.74, 6) is 0.105. The van der Waals surface area contributed by atoms with Crippen LogP contribution < -0.4 is 5.32 Å². The molecular weight excluding hydrogens is 547 g/mol. The van der Waals surface area contributed by atoms with Gasteiger partial charge in [-0.05, 0) is 43.7 Å². The summed E-state index contributed by atoms with van der Waals surface area (Å²) >= 11 is 13.1. The van der Waals surface area contributed by atoms with Crippen molar-refractivity contribution in [2.75, 3.05) is 12.8 Å². The van der Waals surface area contributed by atoms with E-state index in [1.807, 2.05) is 25.1 Å². The number of fused-ring (bicyclic) bond motifs is 2. The minimum atomic E-state index is -3.39. The van der Waals surface area contributed by atoms with E-state index in [9.17, 15) is 18.0 Å². The average molecular weight is 571 g/mol. The molecule has 11 heteroatoms. The first-order chi connectivity index (χ1) is 17.8. The Morgan fingerprint density at radius 3 is 2.45 bits per heavy atom. The maximum absolute atomic E-state index is 14.2. The molecule has 3 amide bonds. The van der Waals surface area contributed by atoms with Crippen LogP contribution in [0, 0.1) is 5.41 Å². The van der Waals surface area contributed by atoms with Gasteiger partial charge >= 0.3 is 6.03 Å². The molecule has 2 aromatic carbocycles. The normalized spacial score (nSPS) is 30.2. The van der Waals surface area contributed by atoms with Crippen molar-refractivity contribution in [2.24, 2.45) is 10.4 Å². The van der Waals surface area contributed by atoms with E-state index in [-0.39, 0.29) is 23.4 Å². The molecule has 0 bridgehead atoms. The highest BCUT2D eigenvalue weighted by Gasteiger charge is 2.61. The van der Waals surface area contributed by atoms with Crippen molar-refractivity contribution in [2.45, 2.75) is 35.7 Å². The van der Waals surface area contributed by atoms with Crippen molar-refractivity contribution < 1.29 is 18.0 Å². The van der Waals surface area contributed by atoms with Gasteiger partial charge in [0.25, 0.3) is 0 Å². The van der Waals surface area contributed by atoms with Crippen LogP contribution in [0.5, 0.6) is 0 Å². The van der Waals surface area contributed by atoms with Crippen molar-refractivity contribution in [1.82, 2.24) is 15.1 Å². The highest BCUT2D eigenvalue weighted by Crippen LogP contribution is 2.56. The predicted molar refractivity (Wildman–Crippen MR) is 145 cm³/mol. The van der Waals surface area contributed by atoms with Crippen LogP contribution in [-0.4, -0.2) is 59.7 Å². The second kappa shape index (κ2) is 8.18. The molecule has 1 N–H and O–H groups in total. The predicted octanol–water partition coefficient (Wildman–Crippen LogP) is 4.27. The number of hydrogen-bond donors (Lipinski definition) is 1. The van der Waals surface area contributed by atoms with E-state index in [4.69, 9.17) is 28.2 Å². The first-order valence-corrected chi connectivity index (χ1v) is 14.6. The number of allylic oxidation sites excluding steroid dienone is 1. The highest BCUT2D eigenvalue weighted by molar-refractivity contribution is 7.90. The Balaban J connectivity index is 1.58. The number of alkyl halides is 1. The Bertz CT molecular complexity index is 1610. The van der Waals surface area contributed by atoms with Crippen molar-refractivity contribution in [3.8, 4) is 0 Å². The number of carbonyl (C=O) groups excluding carboxylic acids is 2. The largest absolute Gasteiger partial charge is 0.330 e. The molecule has 0 saturated carbocycles. The fourth-order valence-corrected chi connectivity index (χ4v) is 6.91. The van der Waals surface area contributed by atoms with Gasteiger partial charge in [-0.2, -0.15) is 0 Å². The van der Waals surface area contributed by atoms with Crippen LogP contribution in [0.25, 0.3) is 0 Å². The monoisotopic (exact) mass is 570 g/mol. The first-order valence-electron chi connectivity index (χ1n) is 12.0. The molecule has 3 aliphatic heterocycles. The number of nitrogens with zero attached hydrogens (tertiary/aromatic N) is 3. The SMILES string of the molecule is CC1(Cl)C=CC2(C)C3=C1NC(=O)CN3C(=O)N1C(c3cccc(Cl)c3)=NC(c3ccc(S(C)(=O)=O)cc3)C12. The fourth-order valence-electron chi connectivity index (χ4n) is 5.89. The summed E-state index contributed by atoms with van der Waals surface area (Å²) in [5, 5.41) is 3.41. The van der Waals surface area contributed by atoms with E-state index in [2.05, 4.69) is 5.32 Å². The van der Waals surface area contributed by atoms with Crippen LogP contribution in [0.15, 0.2) is 82.0 Å². The number of nitrogens with one attached hydrogen (secondary N) is 1. The molecule has 2 aromatic rings. The Hall–Kier alpha value is -3.14. The number of urea groups is 1. The van der Waals surface area contributed by atoms with Gasteiger partial charge < -0.3 is 5.32 Å². The zero-order chi connectivity index (χ0) is 27.2. The van der Waals surface area contributed by atoms with Crippen LogP contribution >= 0.6 is 23.2 Å². The third kappa shape index (κ3) is 3.63. The van der Waals surface area contributed by atoms with Crippen molar-refractivity contribution in [1.29, 1.82) is 0 Å². The molecule has 4 aliphatic rings. The summed E-state index contributed by atoms with van der Waals surface area (Å²) < 4.78 is 24.2. The lowest BCUT2D eigenvalue weighted by Gasteiger charge is -2.55. The Labute approximate surface area is 230 Å². The maximum atomic E-state index is 14.2. The number of amidine groups is 1. The van der Waals surface area contributed by atoms with E-state index in [1.165, 1.54) is 4.90 Å². The van der Waals surface area contributed by atoms with E-state index in [1.54, 1.807) is 54.3 Å². The summed E-state index contributed by atoms with van der Waals surface area (Å²) in [6.07, 6.45) is 4.99. The summed E-state index contributed by atoms with van der Waals surface area (Å²) in [6, 6.07) is 12.2. The minimum Gasteiger partial charge on any atom is -0.325 e. The average Bonchev–Trinajstić information content (AvgIpc) is 3.27. The Morgan fingerprint density at radius 1 is 1.08 bits per heavy atom. The van der Waals surface area contributed by atoms with Crippen LogP contribution in [-0.2, 0) is 14.6 Å². The molecule has 4 atom stereocenters. The first kappa shape index (κ1) is 25.2. The maximum Gasteiger partial charge on any atom is 0.330 e. The number of rotatable bonds is 3. The van der Waals surface area contributed by atoms with E-state index < -0.39 is 32.2 Å². The number of hydrogen-bond acceptors (Lipinski definition) is 5. The third-order valence-electron chi connectivity index (χ3n) is 7.67. The summed E-state index contributed by atoms with van der Waals surface area (Å²) in [4.78, 5) is 34.3. The molecule has 0 aromatic heterocycles. The van der Waals surface area contributed by atoms with Crippen LogP contribution in [0.3, 0.4) is 0 Å². The van der Waals surface area contributed by atoms with Gasteiger partial charge in [-0.15, -0.1) is 11.6 Å². The van der Waals surface area contributed by atoms with Crippen LogP contribution in [0.4, 0.5) is 4.79 Å². The zero-order valence-corrected chi connectivity index (χ0v) is 23.1. The standard InChI is InChI=1S/C27H24Cl2N4O4S/c1-26-11-12-27(2,29)21-23(26)32(14-19(34)30-21)25(35)33-22(26)20(15-7-9-18(10-8-15)38(3,36)37)31-24(33)16-5-4-6-17(28)13-16/h4-13,20,22H,14H2,1-3H3,(H,30,34). The van der Waals surface area contributed by atoms with Gasteiger partial charge in [-0.3, -0.25) is 19.6 Å². The molecule has 0 radical (unpaired) electrons. The molecule has 1 saturated heterocycles. The van der Waals surface area contributed by atoms with Crippen molar-refractivity contribution >= 4 is 50.8 Å². The van der Waals surface area contributed by atoms with E-state index >= 15 is 0 Å². The van der Waals surface area contributed by atoms with Gasteiger partial charge in [-0.25, -0.2) is 13.2 Å². The lowest BCUT2D eigenvalue weighted by molar-refractivity contribution is -0.122. The number of amides is 3. The van der Waals surface area contributed by atoms with Crippen LogP contribution in [0.1, 0.15) is 31.0 Å². The highest BCUT2D eigenvalue weighted by atomic mass is 35.5. The molecule has 38 heavy (non-hydrogen) atoms. The van der Waals surface area contributed by atoms with Gasteiger partial charge in [-0.1, -0.05) is 48.0 Å². The third-order valence-corrected chi connectivity index (χ3v) is 9.34. The Morgan fingerprint density at radius 2 is 1.79 bits per heavy atom. The molecule has 4 unspecified atom stereocenters. The second-order valence-electron chi connectivity index (χ2n) is 10.4. The zero-order valence-electron chi connectivity index (χ0n) is 20.8. The quantitative estimate of drug-likeness (QED) is 0.440. The van der Waals surface area contributed by atoms with Gasteiger partial charge in [0.15, 0.2) is 9.84 Å². The van der Waals surface area contributed by atoms with Gasteiger partial charge in [0.05, 0.1) is 33.8 Å². The van der Waals surface area contributed by atoms with Gasteiger partial charge in [0.2, 0.25) is 5.91 Å². The summed E-state index contributed by atoms with van der Waals surface area (Å²) in [7, 11) is -3.39. The van der Waals surface area contributed by atoms with Crippen molar-refractivity contribution in [3.63, 3.8) is 0 Å². The molecular formula is C27H24Cl2N4O4S. The topological polar surface area (TPSA) is 99.2 Å². The van der Waals surface area contributed by atoms with E-state index in [0.29, 0.717) is 27.8 Å². The number of carbonyl (C=O) groups is 2. The van der Waals surface area contributed by atoms with Crippen LogP contribution in [0.2, 0.25) is 5.02 Å². The number of aliphatic imine (C=N–C) groups is 1. The number of halogens is 2. The molecule has 3 heterocycles. The second-order valence-corrected chi connectivity index (χ2v) is 13.6. The molecule has 1 aliphatic carbocycles. The number of benzene rings is 2. The molecule has 0 spiro atoms. The van der Waals surface area contributed by atoms with Gasteiger partial charge in [0.1, 0.15) is 17.3 Å². The summed E-state index contributed by atoms with van der Waals surface area (Å²) in [5.41, 5.74) is 1.75. The van der Waals surface area contributed by atoms with Gasteiger partial charge in [0, 0.05) is 16.8 Å². The minimum absolute atomic E-state index is 0.145. The molecule has 6 rings (SSSR count). The van der Waals surface area contributed by atoms with Crippen molar-refractivity contribution in [3.05, 3.63) is 88.2 Å². The lowest BCUT2D eigenvalue weighted by Crippen LogP contribution is -2.67. The molecule has 196 valence electrons. The summed E-state index contributed by atoms with van der Waals surface area (Å²) in [6.45, 7) is 3.64. The molecule has 8 nitrogen and oxygen atoms in total. The Kier molecular flexibility index (Phi) is 5.41. The van der Waals surface area contributed by atoms with E-state index in [0.717, 1.165) is 11.8 Å². The smallest absolute Gasteiger partial charge is 0.325 e. The fraction of sp³-hybridized carbons (Fsp3) is 0.296. The lowest BCUT2D eigenvalue weighted by atomic mass is 9.67.